The van der Waals surface area contributed by atoms with Gasteiger partial charge in [0.1, 0.15) is 5.75 Å². The minimum Gasteiger partial charge on any atom is -0.493 e. The Labute approximate surface area is 142 Å². The number of hydrogen-bond donors (Lipinski definition) is 0. The molecule has 0 saturated carbocycles. The number of carbonyl (C=O) groups excluding carboxylic acids is 2. The van der Waals surface area contributed by atoms with E-state index >= 15 is 0 Å². The van der Waals surface area contributed by atoms with E-state index in [9.17, 15) is 9.59 Å². The maximum Gasteiger partial charge on any atom is 0.330 e. The van der Waals surface area contributed by atoms with Crippen LogP contribution in [0.25, 0.3) is 0 Å². The Morgan fingerprint density at radius 1 is 1.29 bits per heavy atom. The second-order valence-corrected chi connectivity index (χ2v) is 6.06. The molecule has 24 heavy (non-hydrogen) atoms. The van der Waals surface area contributed by atoms with Gasteiger partial charge in [0.25, 0.3) is 0 Å². The van der Waals surface area contributed by atoms with Crippen molar-refractivity contribution in [1.29, 1.82) is 0 Å². The molecular weight excluding hydrogens is 308 g/mol. The van der Waals surface area contributed by atoms with Gasteiger partial charge in [-0.3, -0.25) is 4.79 Å². The minimum atomic E-state index is -0.467. The molecule has 1 fully saturated rings. The van der Waals surface area contributed by atoms with Crippen molar-refractivity contribution < 1.29 is 23.8 Å². The Hall–Kier alpha value is -2.14. The summed E-state index contributed by atoms with van der Waals surface area (Å²) >= 11 is 0. The summed E-state index contributed by atoms with van der Waals surface area (Å²) in [4.78, 5) is 23.0. The zero-order chi connectivity index (χ0) is 17.4. The van der Waals surface area contributed by atoms with Crippen molar-refractivity contribution in [2.45, 2.75) is 26.2 Å². The monoisotopic (exact) mass is 332 g/mol. The number of rotatable bonds is 10. The third-order valence-electron chi connectivity index (χ3n) is 4.25. The van der Waals surface area contributed by atoms with Crippen molar-refractivity contribution in [3.63, 3.8) is 0 Å². The summed E-state index contributed by atoms with van der Waals surface area (Å²) in [6, 6.07) is 7.16. The number of hydrogen-bond acceptors (Lipinski definition) is 5. The van der Waals surface area contributed by atoms with Crippen molar-refractivity contribution in [3.8, 4) is 5.75 Å². The van der Waals surface area contributed by atoms with Crippen LogP contribution in [0, 0.1) is 5.41 Å². The van der Waals surface area contributed by atoms with E-state index in [0.717, 1.165) is 31.5 Å². The lowest BCUT2D eigenvalue weighted by Gasteiger charge is -2.40. The van der Waals surface area contributed by atoms with Crippen LogP contribution in [0.3, 0.4) is 0 Å². The van der Waals surface area contributed by atoms with Gasteiger partial charge in [-0.25, -0.2) is 4.79 Å². The molecule has 2 rings (SSSR count). The molecule has 1 aromatic carbocycles. The van der Waals surface area contributed by atoms with Crippen molar-refractivity contribution >= 4 is 11.8 Å². The first-order valence-electron chi connectivity index (χ1n) is 8.21. The first-order chi connectivity index (χ1) is 11.6. The summed E-state index contributed by atoms with van der Waals surface area (Å²) in [7, 11) is 0. The van der Waals surface area contributed by atoms with Crippen LogP contribution in [0.2, 0.25) is 0 Å². The van der Waals surface area contributed by atoms with Crippen LogP contribution in [-0.2, 0) is 14.3 Å². The Morgan fingerprint density at radius 3 is 2.54 bits per heavy atom. The van der Waals surface area contributed by atoms with Gasteiger partial charge in [0, 0.05) is 18.1 Å². The van der Waals surface area contributed by atoms with Gasteiger partial charge in [-0.15, -0.1) is 0 Å². The Morgan fingerprint density at radius 2 is 2.00 bits per heavy atom. The molecule has 0 radical (unpaired) electrons. The molecule has 0 spiro atoms. The molecular formula is C19H24O5. The molecule has 1 aliphatic rings. The summed E-state index contributed by atoms with van der Waals surface area (Å²) in [5.74, 6) is 0.311. The molecule has 0 amide bonds. The van der Waals surface area contributed by atoms with Gasteiger partial charge < -0.3 is 14.2 Å². The predicted octanol–water partition coefficient (Wildman–Crippen LogP) is 3.18. The molecule has 1 aliphatic heterocycles. The molecule has 1 aromatic rings. The molecule has 0 unspecified atom stereocenters. The van der Waals surface area contributed by atoms with Crippen LogP contribution in [0.1, 0.15) is 36.5 Å². The summed E-state index contributed by atoms with van der Waals surface area (Å²) in [6.45, 7) is 7.80. The summed E-state index contributed by atoms with van der Waals surface area (Å²) < 4.78 is 15.9. The van der Waals surface area contributed by atoms with E-state index in [2.05, 4.69) is 13.5 Å². The van der Waals surface area contributed by atoms with Crippen molar-refractivity contribution in [3.05, 3.63) is 42.5 Å². The molecule has 130 valence electrons. The number of ketones is 1. The van der Waals surface area contributed by atoms with Crippen molar-refractivity contribution in [1.82, 2.24) is 0 Å². The maximum absolute atomic E-state index is 12.1. The van der Waals surface area contributed by atoms with E-state index in [1.807, 2.05) is 12.1 Å². The lowest BCUT2D eigenvalue weighted by Crippen LogP contribution is -2.46. The van der Waals surface area contributed by atoms with Gasteiger partial charge >= 0.3 is 5.97 Å². The normalized spacial score (nSPS) is 15.2. The van der Waals surface area contributed by atoms with Crippen LogP contribution in [0.15, 0.2) is 36.9 Å². The largest absolute Gasteiger partial charge is 0.493 e. The smallest absolute Gasteiger partial charge is 0.330 e. The van der Waals surface area contributed by atoms with E-state index < -0.39 is 5.97 Å². The van der Waals surface area contributed by atoms with E-state index in [1.165, 1.54) is 0 Å². The molecule has 1 heterocycles. The summed E-state index contributed by atoms with van der Waals surface area (Å²) in [5.41, 5.74) is 0.770. The third-order valence-corrected chi connectivity index (χ3v) is 4.25. The quantitative estimate of drug-likeness (QED) is 0.285. The van der Waals surface area contributed by atoms with Crippen LogP contribution >= 0.6 is 0 Å². The molecule has 1 saturated heterocycles. The predicted molar refractivity (Wildman–Crippen MR) is 90.2 cm³/mol. The Kier molecular flexibility index (Phi) is 6.55. The van der Waals surface area contributed by atoms with Gasteiger partial charge in [0.05, 0.1) is 31.8 Å². The molecule has 0 aliphatic carbocycles. The van der Waals surface area contributed by atoms with Crippen molar-refractivity contribution in [2.24, 2.45) is 5.41 Å². The van der Waals surface area contributed by atoms with E-state index in [-0.39, 0.29) is 17.8 Å². The number of esters is 1. The second-order valence-electron chi connectivity index (χ2n) is 6.06. The van der Waals surface area contributed by atoms with E-state index in [4.69, 9.17) is 14.2 Å². The average molecular weight is 332 g/mol. The summed E-state index contributed by atoms with van der Waals surface area (Å²) in [5, 5.41) is 0. The van der Waals surface area contributed by atoms with Gasteiger partial charge in [-0.1, -0.05) is 13.5 Å². The molecule has 0 bridgehead atoms. The maximum atomic E-state index is 12.1. The van der Waals surface area contributed by atoms with Gasteiger partial charge in [-0.2, -0.15) is 0 Å². The topological polar surface area (TPSA) is 61.8 Å². The average Bonchev–Trinajstić information content (AvgIpc) is 2.58. The number of carbonyl (C=O) groups is 2. The fourth-order valence-corrected chi connectivity index (χ4v) is 2.36. The first-order valence-corrected chi connectivity index (χ1v) is 8.21. The van der Waals surface area contributed by atoms with Gasteiger partial charge in [0.2, 0.25) is 0 Å². The standard InChI is InChI=1S/C19H24O5/c1-3-18(21)23-11-5-6-17(20)15-7-9-16(10-8-15)24-14-19(4-2)12-22-13-19/h3,7-10H,1,4-6,11-14H2,2H3. The molecule has 0 N–H and O–H groups in total. The highest BCUT2D eigenvalue weighted by Gasteiger charge is 2.37. The highest BCUT2D eigenvalue weighted by Crippen LogP contribution is 2.32. The Balaban J connectivity index is 1.75. The van der Waals surface area contributed by atoms with Gasteiger partial charge in [0.15, 0.2) is 5.78 Å². The summed E-state index contributed by atoms with van der Waals surface area (Å²) in [6.07, 6.45) is 2.97. The zero-order valence-corrected chi connectivity index (χ0v) is 14.1. The van der Waals surface area contributed by atoms with E-state index in [1.54, 1.807) is 12.1 Å². The van der Waals surface area contributed by atoms with Crippen LogP contribution < -0.4 is 4.74 Å². The molecule has 5 nitrogen and oxygen atoms in total. The second kappa shape index (κ2) is 8.64. The van der Waals surface area contributed by atoms with Crippen molar-refractivity contribution in [2.75, 3.05) is 26.4 Å². The SMILES string of the molecule is C=CC(=O)OCCCC(=O)c1ccc(OCC2(CC)COC2)cc1. The number of ether oxygens (including phenoxy) is 3. The number of benzene rings is 1. The highest BCUT2D eigenvalue weighted by molar-refractivity contribution is 5.96. The Bertz CT molecular complexity index is 566. The van der Waals surface area contributed by atoms with E-state index in [0.29, 0.717) is 25.0 Å². The first kappa shape index (κ1) is 18.2. The third kappa shape index (κ3) is 4.93. The lowest BCUT2D eigenvalue weighted by atomic mass is 9.84. The van der Waals surface area contributed by atoms with Crippen LogP contribution in [-0.4, -0.2) is 38.2 Å². The number of Topliss-reactive ketones (excluding diaryl/α,β-unsaturated/α-hetero) is 1. The minimum absolute atomic E-state index is 0.0219. The van der Waals surface area contributed by atoms with Crippen LogP contribution in [0.4, 0.5) is 0 Å². The molecule has 5 heteroatoms. The fourth-order valence-electron chi connectivity index (χ4n) is 2.36. The zero-order valence-electron chi connectivity index (χ0n) is 14.1. The highest BCUT2D eigenvalue weighted by atomic mass is 16.5. The van der Waals surface area contributed by atoms with Crippen LogP contribution in [0.5, 0.6) is 5.75 Å². The lowest BCUT2D eigenvalue weighted by molar-refractivity contribution is -0.137. The fraction of sp³-hybridized carbons (Fsp3) is 0.474. The molecule has 0 aromatic heterocycles. The van der Waals surface area contributed by atoms with Gasteiger partial charge in [-0.05, 0) is 37.1 Å². The molecule has 0 atom stereocenters.